The summed E-state index contributed by atoms with van der Waals surface area (Å²) < 4.78 is 0. The smallest absolute Gasteiger partial charge is 0.272 e. The van der Waals surface area contributed by atoms with Gasteiger partial charge in [-0.15, -0.1) is 0 Å². The molecule has 1 saturated heterocycles. The van der Waals surface area contributed by atoms with E-state index in [1.165, 1.54) is 12.8 Å². The van der Waals surface area contributed by atoms with Crippen molar-refractivity contribution >= 4 is 11.7 Å². The van der Waals surface area contributed by atoms with Crippen LogP contribution in [0.3, 0.4) is 0 Å². The van der Waals surface area contributed by atoms with Crippen molar-refractivity contribution in [3.05, 3.63) is 23.9 Å². The molecule has 1 aliphatic rings. The number of amides is 1. The molecule has 0 aliphatic carbocycles. The zero-order valence-corrected chi connectivity index (χ0v) is 11.2. The SMILES string of the molecule is CN(C)c1cccc(C(=O)N2CCCCCC2)n1. The summed E-state index contributed by atoms with van der Waals surface area (Å²) in [4.78, 5) is 20.6. The fourth-order valence-electron chi connectivity index (χ4n) is 2.23. The molecular formula is C14H21N3O. The summed E-state index contributed by atoms with van der Waals surface area (Å²) >= 11 is 0. The average molecular weight is 247 g/mol. The van der Waals surface area contributed by atoms with Gasteiger partial charge in [-0.25, -0.2) is 4.98 Å². The molecule has 2 heterocycles. The molecule has 1 amide bonds. The molecule has 1 aromatic heterocycles. The third kappa shape index (κ3) is 3.00. The predicted molar refractivity (Wildman–Crippen MR) is 72.9 cm³/mol. The van der Waals surface area contributed by atoms with Gasteiger partial charge < -0.3 is 9.80 Å². The Morgan fingerprint density at radius 1 is 1.17 bits per heavy atom. The number of anilines is 1. The van der Waals surface area contributed by atoms with Crippen molar-refractivity contribution in [3.8, 4) is 0 Å². The Kier molecular flexibility index (Phi) is 4.18. The molecule has 0 unspecified atom stereocenters. The van der Waals surface area contributed by atoms with Gasteiger partial charge in [0.05, 0.1) is 0 Å². The lowest BCUT2D eigenvalue weighted by atomic mass is 10.2. The summed E-state index contributed by atoms with van der Waals surface area (Å²) in [5, 5.41) is 0. The first-order chi connectivity index (χ1) is 8.68. The van der Waals surface area contributed by atoms with Gasteiger partial charge in [-0.2, -0.15) is 0 Å². The number of aromatic nitrogens is 1. The van der Waals surface area contributed by atoms with E-state index < -0.39 is 0 Å². The van der Waals surface area contributed by atoms with Crippen LogP contribution >= 0.6 is 0 Å². The second-order valence-corrected chi connectivity index (χ2v) is 4.98. The van der Waals surface area contributed by atoms with Gasteiger partial charge in [-0.1, -0.05) is 18.9 Å². The van der Waals surface area contributed by atoms with Crippen molar-refractivity contribution in [1.82, 2.24) is 9.88 Å². The summed E-state index contributed by atoms with van der Waals surface area (Å²) in [6.07, 6.45) is 4.68. The Balaban J connectivity index is 2.14. The Morgan fingerprint density at radius 2 is 1.83 bits per heavy atom. The van der Waals surface area contributed by atoms with E-state index in [9.17, 15) is 4.79 Å². The summed E-state index contributed by atoms with van der Waals surface area (Å²) in [5.41, 5.74) is 0.558. The van der Waals surface area contributed by atoms with Crippen LogP contribution in [0.2, 0.25) is 0 Å². The number of carbonyl (C=O) groups excluding carboxylic acids is 1. The number of nitrogens with zero attached hydrogens (tertiary/aromatic N) is 3. The number of pyridine rings is 1. The van der Waals surface area contributed by atoms with Crippen LogP contribution in [-0.2, 0) is 0 Å². The lowest BCUT2D eigenvalue weighted by molar-refractivity contribution is 0.0756. The number of rotatable bonds is 2. The van der Waals surface area contributed by atoms with Crippen LogP contribution in [0, 0.1) is 0 Å². The summed E-state index contributed by atoms with van der Waals surface area (Å²) in [5.74, 6) is 0.899. The highest BCUT2D eigenvalue weighted by Crippen LogP contribution is 2.14. The van der Waals surface area contributed by atoms with Gasteiger partial charge in [0.25, 0.3) is 5.91 Å². The molecule has 4 heteroatoms. The Morgan fingerprint density at radius 3 is 2.44 bits per heavy atom. The van der Waals surface area contributed by atoms with Gasteiger partial charge in [-0.05, 0) is 25.0 Å². The maximum atomic E-state index is 12.4. The van der Waals surface area contributed by atoms with Gasteiger partial charge in [0.1, 0.15) is 11.5 Å². The maximum absolute atomic E-state index is 12.4. The highest BCUT2D eigenvalue weighted by atomic mass is 16.2. The minimum atomic E-state index is 0.0700. The number of hydrogen-bond donors (Lipinski definition) is 0. The van der Waals surface area contributed by atoms with Gasteiger partial charge in [0.15, 0.2) is 0 Å². The Bertz CT molecular complexity index is 409. The Labute approximate surface area is 109 Å². The third-order valence-corrected chi connectivity index (χ3v) is 3.30. The van der Waals surface area contributed by atoms with Crippen molar-refractivity contribution in [2.24, 2.45) is 0 Å². The monoisotopic (exact) mass is 247 g/mol. The van der Waals surface area contributed by atoms with Crippen molar-refractivity contribution in [2.75, 3.05) is 32.1 Å². The minimum Gasteiger partial charge on any atom is -0.363 e. The van der Waals surface area contributed by atoms with Crippen LogP contribution in [0.25, 0.3) is 0 Å². The van der Waals surface area contributed by atoms with Crippen molar-refractivity contribution in [2.45, 2.75) is 25.7 Å². The molecule has 4 nitrogen and oxygen atoms in total. The minimum absolute atomic E-state index is 0.0700. The molecule has 18 heavy (non-hydrogen) atoms. The van der Waals surface area contributed by atoms with E-state index in [0.717, 1.165) is 31.7 Å². The van der Waals surface area contributed by atoms with E-state index >= 15 is 0 Å². The van der Waals surface area contributed by atoms with E-state index in [2.05, 4.69) is 4.98 Å². The van der Waals surface area contributed by atoms with Gasteiger partial charge in [0, 0.05) is 27.2 Å². The van der Waals surface area contributed by atoms with E-state index in [1.54, 1.807) is 6.07 Å². The summed E-state index contributed by atoms with van der Waals surface area (Å²) in [6, 6.07) is 5.62. The zero-order chi connectivity index (χ0) is 13.0. The highest BCUT2D eigenvalue weighted by Gasteiger charge is 2.18. The fourth-order valence-corrected chi connectivity index (χ4v) is 2.23. The molecule has 0 saturated carbocycles. The molecule has 1 fully saturated rings. The van der Waals surface area contributed by atoms with Crippen LogP contribution in [-0.4, -0.2) is 43.0 Å². The van der Waals surface area contributed by atoms with Crippen LogP contribution < -0.4 is 4.90 Å². The molecule has 0 N–H and O–H groups in total. The first-order valence-corrected chi connectivity index (χ1v) is 6.62. The molecule has 0 aromatic carbocycles. The topological polar surface area (TPSA) is 36.4 Å². The van der Waals surface area contributed by atoms with Crippen LogP contribution in [0.1, 0.15) is 36.2 Å². The van der Waals surface area contributed by atoms with E-state index in [0.29, 0.717) is 5.69 Å². The standard InChI is InChI=1S/C14H21N3O/c1-16(2)13-9-7-8-12(15-13)14(18)17-10-5-3-4-6-11-17/h7-9H,3-6,10-11H2,1-2H3. The number of hydrogen-bond acceptors (Lipinski definition) is 3. The van der Waals surface area contributed by atoms with E-state index in [4.69, 9.17) is 0 Å². The van der Waals surface area contributed by atoms with Gasteiger partial charge in [-0.3, -0.25) is 4.79 Å². The van der Waals surface area contributed by atoms with E-state index in [-0.39, 0.29) is 5.91 Å². The van der Waals surface area contributed by atoms with Crippen molar-refractivity contribution < 1.29 is 4.79 Å². The van der Waals surface area contributed by atoms with Crippen LogP contribution in [0.4, 0.5) is 5.82 Å². The average Bonchev–Trinajstić information content (AvgIpc) is 2.67. The first kappa shape index (κ1) is 12.9. The molecule has 98 valence electrons. The molecule has 2 rings (SSSR count). The normalized spacial score (nSPS) is 16.2. The fraction of sp³-hybridized carbons (Fsp3) is 0.571. The van der Waals surface area contributed by atoms with Crippen molar-refractivity contribution in [1.29, 1.82) is 0 Å². The number of carbonyl (C=O) groups is 1. The predicted octanol–water partition coefficient (Wildman–Crippen LogP) is 2.16. The van der Waals surface area contributed by atoms with Gasteiger partial charge in [0.2, 0.25) is 0 Å². The summed E-state index contributed by atoms with van der Waals surface area (Å²) in [7, 11) is 3.87. The molecule has 1 aromatic rings. The Hall–Kier alpha value is -1.58. The van der Waals surface area contributed by atoms with E-state index in [1.807, 2.05) is 36.0 Å². The highest BCUT2D eigenvalue weighted by molar-refractivity contribution is 5.92. The largest absolute Gasteiger partial charge is 0.363 e. The molecule has 0 spiro atoms. The number of likely N-dealkylation sites (tertiary alicyclic amines) is 1. The summed E-state index contributed by atoms with van der Waals surface area (Å²) in [6.45, 7) is 1.74. The molecule has 0 radical (unpaired) electrons. The quantitative estimate of drug-likeness (QED) is 0.803. The molecule has 0 atom stereocenters. The molecule has 0 bridgehead atoms. The van der Waals surface area contributed by atoms with Crippen LogP contribution in [0.5, 0.6) is 0 Å². The second-order valence-electron chi connectivity index (χ2n) is 4.98. The van der Waals surface area contributed by atoms with Gasteiger partial charge >= 0.3 is 0 Å². The second kappa shape index (κ2) is 5.85. The van der Waals surface area contributed by atoms with Crippen LogP contribution in [0.15, 0.2) is 18.2 Å². The lowest BCUT2D eigenvalue weighted by Gasteiger charge is -2.20. The van der Waals surface area contributed by atoms with Crippen molar-refractivity contribution in [3.63, 3.8) is 0 Å². The lowest BCUT2D eigenvalue weighted by Crippen LogP contribution is -2.32. The first-order valence-electron chi connectivity index (χ1n) is 6.62. The zero-order valence-electron chi connectivity index (χ0n) is 11.2. The molecule has 1 aliphatic heterocycles. The maximum Gasteiger partial charge on any atom is 0.272 e. The molecular weight excluding hydrogens is 226 g/mol. The third-order valence-electron chi connectivity index (χ3n) is 3.30.